The van der Waals surface area contributed by atoms with Gasteiger partial charge in [-0.25, -0.2) is 0 Å². The number of aromatic nitrogens is 1. The van der Waals surface area contributed by atoms with Crippen LogP contribution in [0.1, 0.15) is 30.4 Å². The minimum absolute atomic E-state index is 0. The zero-order chi connectivity index (χ0) is 15.4. The Bertz CT molecular complexity index is 634. The first-order valence-electron chi connectivity index (χ1n) is 7.75. The fraction of sp³-hybridized carbons (Fsp3) is 0.333. The van der Waals surface area contributed by atoms with Gasteiger partial charge in [0.25, 0.3) is 0 Å². The topological polar surface area (TPSA) is 68.0 Å². The SMILES string of the molecule is Cl.Cl.NC1CCC(C(=O)Nc2ccc(Cc3ccncc3)cc2)C1. The predicted octanol–water partition coefficient (Wildman–Crippen LogP) is 3.58. The molecular formula is C18H23Cl2N3O. The number of rotatable bonds is 4. The average molecular weight is 368 g/mol. The van der Waals surface area contributed by atoms with E-state index in [1.54, 1.807) is 12.4 Å². The molecule has 24 heavy (non-hydrogen) atoms. The number of nitrogens with one attached hydrogen (secondary N) is 1. The van der Waals surface area contributed by atoms with E-state index in [4.69, 9.17) is 5.73 Å². The van der Waals surface area contributed by atoms with Gasteiger partial charge in [0.15, 0.2) is 0 Å². The Morgan fingerprint density at radius 3 is 2.25 bits per heavy atom. The summed E-state index contributed by atoms with van der Waals surface area (Å²) < 4.78 is 0. The number of amides is 1. The molecule has 2 unspecified atom stereocenters. The van der Waals surface area contributed by atoms with Crippen LogP contribution in [-0.2, 0) is 11.2 Å². The van der Waals surface area contributed by atoms with Crippen molar-refractivity contribution in [2.45, 2.75) is 31.7 Å². The summed E-state index contributed by atoms with van der Waals surface area (Å²) >= 11 is 0. The van der Waals surface area contributed by atoms with Gasteiger partial charge in [-0.2, -0.15) is 0 Å². The number of nitrogens with two attached hydrogens (primary N) is 1. The number of hydrogen-bond donors (Lipinski definition) is 2. The van der Waals surface area contributed by atoms with Crippen molar-refractivity contribution in [3.63, 3.8) is 0 Å². The first kappa shape index (κ1) is 20.4. The van der Waals surface area contributed by atoms with Gasteiger partial charge in [0.1, 0.15) is 0 Å². The molecule has 4 nitrogen and oxygen atoms in total. The molecule has 3 rings (SSSR count). The summed E-state index contributed by atoms with van der Waals surface area (Å²) in [5.41, 5.74) is 9.16. The van der Waals surface area contributed by atoms with Crippen molar-refractivity contribution >= 4 is 36.4 Å². The first-order chi connectivity index (χ1) is 10.7. The molecular weight excluding hydrogens is 345 g/mol. The van der Waals surface area contributed by atoms with Gasteiger partial charge in [0.05, 0.1) is 0 Å². The van der Waals surface area contributed by atoms with Crippen molar-refractivity contribution < 1.29 is 4.79 Å². The van der Waals surface area contributed by atoms with Crippen LogP contribution in [0, 0.1) is 5.92 Å². The molecule has 1 aliphatic carbocycles. The first-order valence-corrected chi connectivity index (χ1v) is 7.75. The second kappa shape index (κ2) is 9.62. The van der Waals surface area contributed by atoms with Crippen molar-refractivity contribution in [3.8, 4) is 0 Å². The smallest absolute Gasteiger partial charge is 0.227 e. The quantitative estimate of drug-likeness (QED) is 0.867. The van der Waals surface area contributed by atoms with Gasteiger partial charge in [-0.15, -0.1) is 24.8 Å². The highest BCUT2D eigenvalue weighted by Crippen LogP contribution is 2.25. The van der Waals surface area contributed by atoms with Gasteiger partial charge in [-0.1, -0.05) is 12.1 Å². The monoisotopic (exact) mass is 367 g/mol. The lowest BCUT2D eigenvalue weighted by atomic mass is 10.1. The van der Waals surface area contributed by atoms with Gasteiger partial charge >= 0.3 is 0 Å². The standard InChI is InChI=1S/C18H21N3O.2ClH/c19-16-4-3-15(12-16)18(22)21-17-5-1-13(2-6-17)11-14-7-9-20-10-8-14;;/h1-2,5-10,15-16H,3-4,11-12,19H2,(H,21,22);2*1H. The summed E-state index contributed by atoms with van der Waals surface area (Å²) in [6.45, 7) is 0. The average Bonchev–Trinajstić information content (AvgIpc) is 2.97. The Kier molecular flexibility index (Phi) is 8.19. The maximum absolute atomic E-state index is 12.2. The van der Waals surface area contributed by atoms with Gasteiger partial charge in [-0.3, -0.25) is 9.78 Å². The van der Waals surface area contributed by atoms with E-state index in [1.807, 2.05) is 24.3 Å². The van der Waals surface area contributed by atoms with Crippen LogP contribution in [0.2, 0.25) is 0 Å². The van der Waals surface area contributed by atoms with Crippen molar-refractivity contribution in [2.24, 2.45) is 11.7 Å². The largest absolute Gasteiger partial charge is 0.328 e. The third-order valence-corrected chi connectivity index (χ3v) is 4.22. The van der Waals surface area contributed by atoms with E-state index < -0.39 is 0 Å². The molecule has 0 saturated heterocycles. The van der Waals surface area contributed by atoms with E-state index in [0.717, 1.165) is 31.4 Å². The molecule has 0 radical (unpaired) electrons. The third kappa shape index (κ3) is 5.48. The van der Waals surface area contributed by atoms with Crippen LogP contribution in [0.25, 0.3) is 0 Å². The highest BCUT2D eigenvalue weighted by atomic mass is 35.5. The number of carbonyl (C=O) groups excluding carboxylic acids is 1. The normalized spacial score (nSPS) is 19.0. The van der Waals surface area contributed by atoms with E-state index in [9.17, 15) is 4.79 Å². The van der Waals surface area contributed by atoms with Gasteiger partial charge < -0.3 is 11.1 Å². The van der Waals surface area contributed by atoms with Crippen LogP contribution in [-0.4, -0.2) is 16.9 Å². The molecule has 1 fully saturated rings. The second-order valence-electron chi connectivity index (χ2n) is 5.99. The highest BCUT2D eigenvalue weighted by molar-refractivity contribution is 5.92. The molecule has 0 aliphatic heterocycles. The highest BCUT2D eigenvalue weighted by Gasteiger charge is 2.27. The van der Waals surface area contributed by atoms with Gasteiger partial charge in [0.2, 0.25) is 5.91 Å². The Balaban J connectivity index is 0.00000144. The van der Waals surface area contributed by atoms with E-state index in [0.29, 0.717) is 0 Å². The lowest BCUT2D eigenvalue weighted by Gasteiger charge is -2.11. The zero-order valence-electron chi connectivity index (χ0n) is 13.4. The number of nitrogens with zero attached hydrogens (tertiary/aromatic N) is 1. The molecule has 6 heteroatoms. The van der Waals surface area contributed by atoms with Crippen LogP contribution < -0.4 is 11.1 Å². The molecule has 1 heterocycles. The van der Waals surface area contributed by atoms with Crippen LogP contribution in [0.4, 0.5) is 5.69 Å². The molecule has 1 aromatic carbocycles. The third-order valence-electron chi connectivity index (χ3n) is 4.22. The fourth-order valence-corrected chi connectivity index (χ4v) is 2.94. The number of benzene rings is 1. The lowest BCUT2D eigenvalue weighted by molar-refractivity contribution is -0.119. The predicted molar refractivity (Wildman–Crippen MR) is 102 cm³/mol. The van der Waals surface area contributed by atoms with Crippen molar-refractivity contribution in [3.05, 3.63) is 59.9 Å². The van der Waals surface area contributed by atoms with Crippen LogP contribution in [0.15, 0.2) is 48.8 Å². The molecule has 1 aromatic heterocycles. The maximum atomic E-state index is 12.2. The lowest BCUT2D eigenvalue weighted by Crippen LogP contribution is -2.23. The number of hydrogen-bond acceptors (Lipinski definition) is 3. The summed E-state index contributed by atoms with van der Waals surface area (Å²) in [5, 5.41) is 2.99. The number of halogens is 2. The van der Waals surface area contributed by atoms with Crippen molar-refractivity contribution in [2.75, 3.05) is 5.32 Å². The minimum atomic E-state index is 0. The minimum Gasteiger partial charge on any atom is -0.328 e. The molecule has 130 valence electrons. The molecule has 2 atom stereocenters. The molecule has 3 N–H and O–H groups in total. The number of carbonyl (C=O) groups is 1. The molecule has 1 saturated carbocycles. The van der Waals surface area contributed by atoms with Crippen LogP contribution in [0.5, 0.6) is 0 Å². The Labute approximate surface area is 155 Å². The summed E-state index contributed by atoms with van der Waals surface area (Å²) in [6, 6.07) is 12.2. The Hall–Kier alpha value is -1.62. The van der Waals surface area contributed by atoms with Crippen molar-refractivity contribution in [1.82, 2.24) is 4.98 Å². The van der Waals surface area contributed by atoms with Gasteiger partial charge in [-0.05, 0) is 61.1 Å². The molecule has 0 spiro atoms. The van der Waals surface area contributed by atoms with Gasteiger partial charge in [0, 0.05) is 30.0 Å². The Morgan fingerprint density at radius 1 is 1.04 bits per heavy atom. The molecule has 2 aromatic rings. The summed E-state index contributed by atoms with van der Waals surface area (Å²) in [4.78, 5) is 16.2. The summed E-state index contributed by atoms with van der Waals surface area (Å²) in [5.74, 6) is 0.154. The van der Waals surface area contributed by atoms with E-state index in [1.165, 1.54) is 11.1 Å². The van der Waals surface area contributed by atoms with Crippen LogP contribution >= 0.6 is 24.8 Å². The molecule has 1 aliphatic rings. The summed E-state index contributed by atoms with van der Waals surface area (Å²) in [7, 11) is 0. The molecule has 0 bridgehead atoms. The summed E-state index contributed by atoms with van der Waals surface area (Å²) in [6.07, 6.45) is 7.11. The molecule has 1 amide bonds. The zero-order valence-corrected chi connectivity index (χ0v) is 15.0. The van der Waals surface area contributed by atoms with E-state index in [2.05, 4.69) is 22.4 Å². The second-order valence-corrected chi connectivity index (χ2v) is 5.99. The fourth-order valence-electron chi connectivity index (χ4n) is 2.94. The van der Waals surface area contributed by atoms with E-state index >= 15 is 0 Å². The van der Waals surface area contributed by atoms with E-state index in [-0.39, 0.29) is 42.7 Å². The Morgan fingerprint density at radius 2 is 1.67 bits per heavy atom. The van der Waals surface area contributed by atoms with Crippen LogP contribution in [0.3, 0.4) is 0 Å². The van der Waals surface area contributed by atoms with Crippen molar-refractivity contribution in [1.29, 1.82) is 0 Å². The maximum Gasteiger partial charge on any atom is 0.227 e. The number of anilines is 1. The number of pyridine rings is 1.